The molecule has 1 heterocycles. The van der Waals surface area contributed by atoms with Crippen LogP contribution in [0.4, 0.5) is 0 Å². The molecule has 0 aromatic rings. The highest BCUT2D eigenvalue weighted by Crippen LogP contribution is 2.51. The minimum Gasteiger partial charge on any atom is -0.481 e. The van der Waals surface area contributed by atoms with E-state index in [9.17, 15) is 14.7 Å². The summed E-state index contributed by atoms with van der Waals surface area (Å²) in [7, 11) is 8.48. The first kappa shape index (κ1) is 23.4. The van der Waals surface area contributed by atoms with Gasteiger partial charge in [-0.15, -0.1) is 0 Å². The largest absolute Gasteiger partial charge is 0.481 e. The second-order valence-electron chi connectivity index (χ2n) is 10.8. The maximum absolute atomic E-state index is 12.4. The fourth-order valence-electron chi connectivity index (χ4n) is 6.87. The standard InChI is InChI=1S/C25H39N3O4/c1-27(2)15-6-9-18-21(12-15)32-22-13-16(28(3)4)7-10-19(22)23(18)17-8-5-14(24(26)29)11-20(17)25(30)31/h14-15,17-18,20-22H,5-13H2,1-4H3,(H2-,26,29,30,31)/p+1. The van der Waals surface area contributed by atoms with Gasteiger partial charge in [-0.3, -0.25) is 9.59 Å². The zero-order chi connectivity index (χ0) is 23.2. The molecule has 3 saturated carbocycles. The Bertz CT molecular complexity index is 829. The van der Waals surface area contributed by atoms with Crippen LogP contribution in [0.2, 0.25) is 0 Å². The van der Waals surface area contributed by atoms with Crippen LogP contribution in [-0.2, 0) is 14.3 Å². The van der Waals surface area contributed by atoms with E-state index in [0.717, 1.165) is 44.9 Å². The number of nitrogens with two attached hydrogens (primary N) is 1. The number of aliphatic carboxylic acids is 1. The van der Waals surface area contributed by atoms with Crippen LogP contribution in [0, 0.1) is 23.7 Å². The Morgan fingerprint density at radius 1 is 1.06 bits per heavy atom. The van der Waals surface area contributed by atoms with Gasteiger partial charge in [0.2, 0.25) is 5.91 Å². The average Bonchev–Trinajstić information content (AvgIpc) is 2.75. The molecule has 3 aliphatic carbocycles. The summed E-state index contributed by atoms with van der Waals surface area (Å²) in [6.45, 7) is 0. The minimum absolute atomic E-state index is 0.00573. The fraction of sp³-hybridized carbons (Fsp3) is 0.800. The normalized spacial score (nSPS) is 37.7. The molecule has 32 heavy (non-hydrogen) atoms. The molecular weight excluding hydrogens is 406 g/mol. The molecule has 1 aliphatic heterocycles. The molecule has 0 spiro atoms. The highest BCUT2D eigenvalue weighted by Gasteiger charge is 2.49. The molecule has 1 amide bonds. The van der Waals surface area contributed by atoms with Gasteiger partial charge in [0.25, 0.3) is 0 Å². The van der Waals surface area contributed by atoms with Crippen molar-refractivity contribution >= 4 is 17.6 Å². The number of carbonyl (C=O) groups is 2. The molecule has 3 N–H and O–H groups in total. The summed E-state index contributed by atoms with van der Waals surface area (Å²) < 4.78 is 8.99. The van der Waals surface area contributed by atoms with Crippen molar-refractivity contribution in [2.75, 3.05) is 28.2 Å². The van der Waals surface area contributed by atoms with Gasteiger partial charge in [-0.25, -0.2) is 4.58 Å². The molecule has 0 radical (unpaired) electrons. The number of hydrogen-bond acceptors (Lipinski definition) is 4. The maximum Gasteiger partial charge on any atom is 0.307 e. The van der Waals surface area contributed by atoms with Gasteiger partial charge in [0.15, 0.2) is 5.71 Å². The van der Waals surface area contributed by atoms with Crippen molar-refractivity contribution in [2.45, 2.75) is 76.0 Å². The third kappa shape index (κ3) is 4.38. The highest BCUT2D eigenvalue weighted by atomic mass is 16.5. The summed E-state index contributed by atoms with van der Waals surface area (Å²) in [6.07, 6.45) is 8.02. The number of carbonyl (C=O) groups excluding carboxylic acids is 1. The minimum atomic E-state index is -0.785. The van der Waals surface area contributed by atoms with Crippen LogP contribution < -0.4 is 5.73 Å². The average molecular weight is 447 g/mol. The van der Waals surface area contributed by atoms with Crippen molar-refractivity contribution < 1.29 is 24.0 Å². The zero-order valence-electron chi connectivity index (χ0n) is 20.0. The lowest BCUT2D eigenvalue weighted by Gasteiger charge is -2.50. The molecule has 0 saturated heterocycles. The molecule has 4 rings (SSSR count). The van der Waals surface area contributed by atoms with Crippen LogP contribution in [0.5, 0.6) is 0 Å². The van der Waals surface area contributed by atoms with Crippen LogP contribution in [0.15, 0.2) is 11.1 Å². The summed E-state index contributed by atoms with van der Waals surface area (Å²) >= 11 is 0. The highest BCUT2D eigenvalue weighted by molar-refractivity contribution is 5.82. The van der Waals surface area contributed by atoms with Crippen molar-refractivity contribution in [1.29, 1.82) is 0 Å². The molecule has 7 unspecified atom stereocenters. The lowest BCUT2D eigenvalue weighted by Crippen LogP contribution is -2.50. The first-order chi connectivity index (χ1) is 15.2. The number of carboxylic acid groups (broad SMARTS) is 1. The van der Waals surface area contributed by atoms with Crippen molar-refractivity contribution in [3.63, 3.8) is 0 Å². The fourth-order valence-corrected chi connectivity index (χ4v) is 6.87. The van der Waals surface area contributed by atoms with Crippen molar-refractivity contribution in [3.8, 4) is 0 Å². The SMILES string of the molecule is CN(C)C1CCC2C(C3CCC(C(N)=O)CC3C(=O)O)=C3CCC(=[N+](C)C)CC3OC2C1. The van der Waals surface area contributed by atoms with Gasteiger partial charge < -0.3 is 20.5 Å². The van der Waals surface area contributed by atoms with Crippen molar-refractivity contribution in [3.05, 3.63) is 11.1 Å². The molecule has 7 atom stereocenters. The number of amides is 1. The number of nitrogens with zero attached hydrogens (tertiary/aromatic N) is 2. The lowest BCUT2D eigenvalue weighted by atomic mass is 9.62. The Hall–Kier alpha value is -1.73. The van der Waals surface area contributed by atoms with Crippen molar-refractivity contribution in [2.24, 2.45) is 29.4 Å². The van der Waals surface area contributed by atoms with E-state index < -0.39 is 11.9 Å². The van der Waals surface area contributed by atoms with Crippen LogP contribution >= 0.6 is 0 Å². The molecule has 0 aromatic carbocycles. The number of rotatable bonds is 4. The van der Waals surface area contributed by atoms with E-state index >= 15 is 0 Å². The smallest absolute Gasteiger partial charge is 0.307 e. The zero-order valence-corrected chi connectivity index (χ0v) is 20.0. The molecular formula is C25H40N3O4+. The van der Waals surface area contributed by atoms with Gasteiger partial charge >= 0.3 is 5.97 Å². The summed E-state index contributed by atoms with van der Waals surface area (Å²) in [5.41, 5.74) is 9.74. The Kier molecular flexibility index (Phi) is 6.78. The number of hydrogen-bond donors (Lipinski definition) is 2. The van der Waals surface area contributed by atoms with E-state index in [1.807, 2.05) is 0 Å². The monoisotopic (exact) mass is 446 g/mol. The summed E-state index contributed by atoms with van der Waals surface area (Å²) in [5.74, 6) is -1.71. The molecule has 3 fully saturated rings. The van der Waals surface area contributed by atoms with E-state index in [1.54, 1.807) is 0 Å². The number of ether oxygens (including phenoxy) is 1. The summed E-state index contributed by atoms with van der Waals surface area (Å²) in [5, 5.41) is 10.1. The number of primary amides is 1. The Labute approximate surface area is 191 Å². The van der Waals surface area contributed by atoms with Gasteiger partial charge in [-0.2, -0.15) is 0 Å². The van der Waals surface area contributed by atoms with Gasteiger partial charge in [0.05, 0.1) is 24.5 Å². The topological polar surface area (TPSA) is 95.9 Å². The van der Waals surface area contributed by atoms with Crippen LogP contribution in [0.3, 0.4) is 0 Å². The molecule has 0 aromatic heterocycles. The number of fused-ring (bicyclic) bond motifs is 2. The molecule has 7 nitrogen and oxygen atoms in total. The predicted molar refractivity (Wildman–Crippen MR) is 123 cm³/mol. The van der Waals surface area contributed by atoms with Gasteiger partial charge in [-0.1, -0.05) is 5.57 Å². The Morgan fingerprint density at radius 3 is 2.41 bits per heavy atom. The Morgan fingerprint density at radius 2 is 1.78 bits per heavy atom. The van der Waals surface area contributed by atoms with Gasteiger partial charge in [0.1, 0.15) is 14.1 Å². The predicted octanol–water partition coefficient (Wildman–Crippen LogP) is 2.28. The molecule has 178 valence electrons. The summed E-state index contributed by atoms with van der Waals surface area (Å²) in [4.78, 5) is 26.5. The van der Waals surface area contributed by atoms with Crippen LogP contribution in [-0.4, -0.2) is 78.6 Å². The molecule has 7 heteroatoms. The lowest BCUT2D eigenvalue weighted by molar-refractivity contribution is -0.467. The van der Waals surface area contributed by atoms with Gasteiger partial charge in [0, 0.05) is 24.3 Å². The first-order valence-electron chi connectivity index (χ1n) is 12.3. The second-order valence-corrected chi connectivity index (χ2v) is 10.8. The van der Waals surface area contributed by atoms with E-state index in [4.69, 9.17) is 10.5 Å². The Balaban J connectivity index is 1.72. The van der Waals surface area contributed by atoms with E-state index in [0.29, 0.717) is 24.8 Å². The third-order valence-electron chi connectivity index (χ3n) is 8.70. The molecule has 0 bridgehead atoms. The van der Waals surface area contributed by atoms with Crippen molar-refractivity contribution in [1.82, 2.24) is 4.90 Å². The van der Waals surface area contributed by atoms with E-state index in [-0.39, 0.29) is 30.0 Å². The van der Waals surface area contributed by atoms with Crippen LogP contribution in [0.1, 0.15) is 57.8 Å². The van der Waals surface area contributed by atoms with Gasteiger partial charge in [-0.05, 0) is 70.5 Å². The first-order valence-corrected chi connectivity index (χ1v) is 12.3. The quantitative estimate of drug-likeness (QED) is 0.510. The number of carboxylic acids is 1. The van der Waals surface area contributed by atoms with E-state index in [1.165, 1.54) is 16.9 Å². The maximum atomic E-state index is 12.4. The third-order valence-corrected chi connectivity index (χ3v) is 8.70. The molecule has 4 aliphatic rings. The second kappa shape index (κ2) is 9.26. The van der Waals surface area contributed by atoms with Crippen LogP contribution in [0.25, 0.3) is 0 Å². The summed E-state index contributed by atoms with van der Waals surface area (Å²) in [6, 6.07) is 0.501. The van der Waals surface area contributed by atoms with E-state index in [2.05, 4.69) is 37.7 Å².